The third-order valence-electron chi connectivity index (χ3n) is 3.64. The van der Waals surface area contributed by atoms with Gasteiger partial charge >= 0.3 is 0 Å². The average molecular weight is 447 g/mol. The lowest BCUT2D eigenvalue weighted by Crippen LogP contribution is -2.30. The van der Waals surface area contributed by atoms with E-state index in [-0.39, 0.29) is 16.1 Å². The summed E-state index contributed by atoms with van der Waals surface area (Å²) in [6.07, 6.45) is 0. The van der Waals surface area contributed by atoms with Crippen molar-refractivity contribution < 1.29 is 22.0 Å². The van der Waals surface area contributed by atoms with Crippen molar-refractivity contribution in [1.29, 1.82) is 0 Å². The predicted molar refractivity (Wildman–Crippen MR) is 98.6 cm³/mol. The molecule has 0 radical (unpaired) electrons. The van der Waals surface area contributed by atoms with Gasteiger partial charge in [0, 0.05) is 34.9 Å². The van der Waals surface area contributed by atoms with Crippen LogP contribution in [-0.4, -0.2) is 32.3 Å². The van der Waals surface area contributed by atoms with Crippen LogP contribution >= 0.6 is 15.9 Å². The number of anilines is 1. The molecule has 0 aromatic heterocycles. The summed E-state index contributed by atoms with van der Waals surface area (Å²) in [6, 6.07) is 7.23. The molecule has 0 atom stereocenters. The van der Waals surface area contributed by atoms with Crippen LogP contribution < -0.4 is 4.72 Å². The minimum atomic E-state index is -4.33. The molecule has 0 saturated heterocycles. The highest BCUT2D eigenvalue weighted by molar-refractivity contribution is 9.10. The summed E-state index contributed by atoms with van der Waals surface area (Å²) in [7, 11) is -4.33. The van der Waals surface area contributed by atoms with Gasteiger partial charge < -0.3 is 4.90 Å². The van der Waals surface area contributed by atoms with E-state index in [1.807, 2.05) is 13.8 Å². The van der Waals surface area contributed by atoms with Crippen molar-refractivity contribution in [3.63, 3.8) is 0 Å². The molecule has 1 N–H and O–H groups in total. The normalized spacial score (nSPS) is 11.3. The molecule has 0 aliphatic rings. The summed E-state index contributed by atoms with van der Waals surface area (Å²) in [4.78, 5) is 13.3. The van der Waals surface area contributed by atoms with E-state index in [2.05, 4.69) is 20.7 Å². The van der Waals surface area contributed by atoms with Crippen LogP contribution in [-0.2, 0) is 10.0 Å². The summed E-state index contributed by atoms with van der Waals surface area (Å²) in [5, 5.41) is 0. The summed E-state index contributed by atoms with van der Waals surface area (Å²) in [6.45, 7) is 4.70. The first kappa shape index (κ1) is 20.3. The monoisotopic (exact) mass is 446 g/mol. The maximum atomic E-state index is 14.0. The van der Waals surface area contributed by atoms with E-state index in [1.165, 1.54) is 18.2 Å². The Morgan fingerprint density at radius 3 is 2.38 bits per heavy atom. The van der Waals surface area contributed by atoms with Gasteiger partial charge in [0.05, 0.1) is 0 Å². The first-order chi connectivity index (χ1) is 12.2. The average Bonchev–Trinajstić information content (AvgIpc) is 2.54. The van der Waals surface area contributed by atoms with Crippen LogP contribution in [0.5, 0.6) is 0 Å². The summed E-state index contributed by atoms with van der Waals surface area (Å²) in [5.41, 5.74) is 0.395. The van der Waals surface area contributed by atoms with Crippen molar-refractivity contribution >= 4 is 37.5 Å². The Kier molecular flexibility index (Phi) is 6.35. The second kappa shape index (κ2) is 8.13. The fourth-order valence-corrected chi connectivity index (χ4v) is 4.62. The van der Waals surface area contributed by atoms with Crippen LogP contribution in [0.25, 0.3) is 0 Å². The van der Waals surface area contributed by atoms with Crippen LogP contribution in [0, 0.1) is 11.6 Å². The molecule has 0 fully saturated rings. The van der Waals surface area contributed by atoms with E-state index in [1.54, 1.807) is 11.0 Å². The van der Waals surface area contributed by atoms with Gasteiger partial charge in [0.15, 0.2) is 0 Å². The van der Waals surface area contributed by atoms with E-state index in [0.717, 1.165) is 6.07 Å². The third-order valence-corrected chi connectivity index (χ3v) is 5.99. The van der Waals surface area contributed by atoms with Crippen LogP contribution in [0.15, 0.2) is 45.8 Å². The summed E-state index contributed by atoms with van der Waals surface area (Å²) >= 11 is 2.86. The Morgan fingerprint density at radius 1 is 1.15 bits per heavy atom. The Balaban J connectivity index is 2.37. The number of nitrogens with zero attached hydrogens (tertiary/aromatic N) is 1. The van der Waals surface area contributed by atoms with Crippen LogP contribution in [0.4, 0.5) is 14.5 Å². The van der Waals surface area contributed by atoms with Gasteiger partial charge in [0.25, 0.3) is 15.9 Å². The highest BCUT2D eigenvalue weighted by Gasteiger charge is 2.24. The van der Waals surface area contributed by atoms with E-state index in [9.17, 15) is 22.0 Å². The van der Waals surface area contributed by atoms with Crippen LogP contribution in [0.2, 0.25) is 0 Å². The molecule has 1 amide bonds. The lowest BCUT2D eigenvalue weighted by molar-refractivity contribution is 0.0773. The van der Waals surface area contributed by atoms with Gasteiger partial charge in [-0.2, -0.15) is 0 Å². The number of carbonyl (C=O) groups excluding carboxylic acids is 1. The van der Waals surface area contributed by atoms with Crippen molar-refractivity contribution in [2.75, 3.05) is 17.8 Å². The number of rotatable bonds is 6. The lowest BCUT2D eigenvalue weighted by Gasteiger charge is -2.19. The standard InChI is InChI=1S/C17H17BrF2N2O3S/c1-3-22(4-2)17(23)11-6-5-7-13(8-11)21-26(24,25)16-14(18)9-12(19)10-15(16)20/h5-10,21H,3-4H2,1-2H3. The second-order valence-electron chi connectivity index (χ2n) is 5.36. The maximum absolute atomic E-state index is 14.0. The molecule has 9 heteroatoms. The Hall–Kier alpha value is -2.00. The van der Waals surface area contributed by atoms with E-state index in [4.69, 9.17) is 0 Å². The zero-order chi connectivity index (χ0) is 19.5. The number of carbonyl (C=O) groups is 1. The van der Waals surface area contributed by atoms with E-state index < -0.39 is 26.6 Å². The zero-order valence-electron chi connectivity index (χ0n) is 14.1. The fraction of sp³-hybridized carbons (Fsp3) is 0.235. The molecular weight excluding hydrogens is 430 g/mol. The minimum Gasteiger partial charge on any atom is -0.339 e. The maximum Gasteiger partial charge on any atom is 0.265 e. The Bertz CT molecular complexity index is 908. The predicted octanol–water partition coefficient (Wildman–Crippen LogP) is 4.01. The molecule has 0 aliphatic carbocycles. The molecule has 0 saturated carbocycles. The third kappa shape index (κ3) is 4.39. The smallest absolute Gasteiger partial charge is 0.265 e. The number of halogens is 3. The molecule has 0 aliphatic heterocycles. The van der Waals surface area contributed by atoms with Crippen molar-refractivity contribution in [2.24, 2.45) is 0 Å². The number of hydrogen-bond acceptors (Lipinski definition) is 3. The van der Waals surface area contributed by atoms with Gasteiger partial charge in [0.1, 0.15) is 16.5 Å². The number of sulfonamides is 1. The highest BCUT2D eigenvalue weighted by atomic mass is 79.9. The molecule has 2 aromatic rings. The molecule has 140 valence electrons. The topological polar surface area (TPSA) is 66.5 Å². The fourth-order valence-electron chi connectivity index (χ4n) is 2.40. The zero-order valence-corrected chi connectivity index (χ0v) is 16.5. The molecule has 2 rings (SSSR count). The van der Waals surface area contributed by atoms with Crippen molar-refractivity contribution in [1.82, 2.24) is 4.90 Å². The quantitative estimate of drug-likeness (QED) is 0.728. The first-order valence-electron chi connectivity index (χ1n) is 7.76. The Labute approximate surface area is 159 Å². The molecule has 0 bridgehead atoms. The van der Waals surface area contributed by atoms with Crippen LogP contribution in [0.1, 0.15) is 24.2 Å². The van der Waals surface area contributed by atoms with Gasteiger partial charge in [-0.3, -0.25) is 9.52 Å². The van der Waals surface area contributed by atoms with Gasteiger partial charge in [-0.25, -0.2) is 17.2 Å². The summed E-state index contributed by atoms with van der Waals surface area (Å²) < 4.78 is 54.1. The van der Waals surface area contributed by atoms with E-state index >= 15 is 0 Å². The number of amides is 1. The molecule has 5 nitrogen and oxygen atoms in total. The van der Waals surface area contributed by atoms with Crippen molar-refractivity contribution in [2.45, 2.75) is 18.7 Å². The minimum absolute atomic E-state index is 0.0960. The van der Waals surface area contributed by atoms with Crippen molar-refractivity contribution in [3.8, 4) is 0 Å². The van der Waals surface area contributed by atoms with Gasteiger partial charge in [0.2, 0.25) is 0 Å². The SMILES string of the molecule is CCN(CC)C(=O)c1cccc(NS(=O)(=O)c2c(F)cc(F)cc2Br)c1. The van der Waals surface area contributed by atoms with E-state index in [0.29, 0.717) is 24.7 Å². The summed E-state index contributed by atoms with van der Waals surface area (Å²) in [5.74, 6) is -2.37. The number of nitrogens with one attached hydrogen (secondary N) is 1. The largest absolute Gasteiger partial charge is 0.339 e. The lowest BCUT2D eigenvalue weighted by atomic mass is 10.2. The molecule has 0 unspecified atom stereocenters. The molecular formula is C17H17BrF2N2O3S. The Morgan fingerprint density at radius 2 is 1.81 bits per heavy atom. The molecule has 26 heavy (non-hydrogen) atoms. The van der Waals surface area contributed by atoms with Crippen LogP contribution in [0.3, 0.4) is 0 Å². The first-order valence-corrected chi connectivity index (χ1v) is 10.0. The van der Waals surface area contributed by atoms with Crippen molar-refractivity contribution in [3.05, 3.63) is 58.1 Å². The van der Waals surface area contributed by atoms with Gasteiger partial charge in [-0.1, -0.05) is 6.07 Å². The van der Waals surface area contributed by atoms with Gasteiger partial charge in [-0.05, 0) is 54.0 Å². The highest BCUT2D eigenvalue weighted by Crippen LogP contribution is 2.28. The number of hydrogen-bond donors (Lipinski definition) is 1. The number of benzene rings is 2. The second-order valence-corrected chi connectivity index (χ2v) is 7.84. The van der Waals surface area contributed by atoms with Gasteiger partial charge in [-0.15, -0.1) is 0 Å². The molecule has 2 aromatic carbocycles. The molecule has 0 heterocycles. The molecule has 0 spiro atoms.